The van der Waals surface area contributed by atoms with Crippen molar-refractivity contribution in [2.24, 2.45) is 22.2 Å². The summed E-state index contributed by atoms with van der Waals surface area (Å²) in [5, 5.41) is 17.5. The molecule has 1 rings (SSSR count). The van der Waals surface area contributed by atoms with Crippen LogP contribution in [0.25, 0.3) is 0 Å². The van der Waals surface area contributed by atoms with Crippen molar-refractivity contribution in [3.8, 4) is 0 Å². The van der Waals surface area contributed by atoms with Gasteiger partial charge in [0, 0.05) is 5.12 Å². The monoisotopic (exact) mass is 188 g/mol. The first-order valence-corrected chi connectivity index (χ1v) is 3.11. The number of nitrogens with two attached hydrogens (primary N) is 3. The number of aliphatic imine (C=N–C) groups is 1. The highest BCUT2D eigenvalue weighted by Gasteiger charge is 2.40. The van der Waals surface area contributed by atoms with Gasteiger partial charge in [0.1, 0.15) is 0 Å². The van der Waals surface area contributed by atoms with E-state index >= 15 is 0 Å². The molecule has 1 unspecified atom stereocenters. The van der Waals surface area contributed by atoms with Gasteiger partial charge in [-0.1, -0.05) is 0 Å². The molecule has 0 saturated carbocycles. The summed E-state index contributed by atoms with van der Waals surface area (Å²) in [5.74, 6) is -1.01. The molecule has 0 aromatic carbocycles. The summed E-state index contributed by atoms with van der Waals surface area (Å²) < 4.78 is 0. The molecule has 1 aliphatic rings. The van der Waals surface area contributed by atoms with Crippen molar-refractivity contribution >= 4 is 11.9 Å². The van der Waals surface area contributed by atoms with E-state index in [2.05, 4.69) is 4.99 Å². The molecule has 0 saturated heterocycles. The first-order chi connectivity index (χ1) is 5.95. The summed E-state index contributed by atoms with van der Waals surface area (Å²) in [6.45, 7) is 0. The Labute approximate surface area is 72.2 Å². The minimum atomic E-state index is -1.12. The van der Waals surface area contributed by atoms with Crippen LogP contribution in [0.4, 0.5) is 0 Å². The van der Waals surface area contributed by atoms with Crippen LogP contribution in [0.3, 0.4) is 0 Å². The van der Waals surface area contributed by atoms with Crippen LogP contribution >= 0.6 is 0 Å². The Kier molecular flexibility index (Phi) is 1.90. The Morgan fingerprint density at radius 2 is 2.31 bits per heavy atom. The molecule has 7 N–H and O–H groups in total. The van der Waals surface area contributed by atoms with E-state index in [-0.39, 0.29) is 0 Å². The number of hydrogen-bond donors (Lipinski definition) is 4. The molecule has 1 heterocycles. The first-order valence-electron chi connectivity index (χ1n) is 3.11. The van der Waals surface area contributed by atoms with Gasteiger partial charge in [-0.25, -0.2) is 15.1 Å². The number of guanidine groups is 2. The predicted octanol–water partition coefficient (Wildman–Crippen LogP) is -2.84. The summed E-state index contributed by atoms with van der Waals surface area (Å²) >= 11 is 0. The molecule has 1 aliphatic heterocycles. The molecule has 0 aromatic heterocycles. The summed E-state index contributed by atoms with van der Waals surface area (Å²) in [6.07, 6.45) is -1.12. The van der Waals surface area contributed by atoms with Crippen LogP contribution in [0.15, 0.2) is 4.99 Å². The minimum Gasteiger partial charge on any atom is -0.368 e. The first kappa shape index (κ1) is 8.99. The average molecular weight is 188 g/mol. The fraction of sp³-hybridized carbons (Fsp3) is 0.333. The Morgan fingerprint density at radius 1 is 1.77 bits per heavy atom. The number of nitrogens with zero attached hydrogens (tertiary/aromatic N) is 4. The molecule has 10 heteroatoms. The smallest absolute Gasteiger partial charge is 0.284 e. The number of nitro groups is 1. The fourth-order valence-electron chi connectivity index (χ4n) is 0.871. The molecule has 72 valence electrons. The van der Waals surface area contributed by atoms with E-state index in [0.717, 1.165) is 0 Å². The number of hydrazine groups is 2. The lowest BCUT2D eigenvalue weighted by Gasteiger charge is -2.21. The Bertz CT molecular complexity index is 285. The van der Waals surface area contributed by atoms with Crippen LogP contribution in [-0.2, 0) is 0 Å². The molecule has 0 aliphatic carbocycles. The lowest BCUT2D eigenvalue weighted by atomic mass is 10.8. The fourth-order valence-corrected chi connectivity index (χ4v) is 0.871. The molecule has 13 heavy (non-hydrogen) atoms. The van der Waals surface area contributed by atoms with Crippen molar-refractivity contribution in [2.75, 3.05) is 0 Å². The second-order valence-electron chi connectivity index (χ2n) is 2.16. The molecule has 0 amide bonds. The third-order valence-corrected chi connectivity index (χ3v) is 1.33. The Balaban J connectivity index is 2.97. The van der Waals surface area contributed by atoms with E-state index in [0.29, 0.717) is 10.1 Å². The topological polar surface area (TPSA) is 164 Å². The highest BCUT2D eigenvalue weighted by Crippen LogP contribution is 2.09. The quantitative estimate of drug-likeness (QED) is 0.149. The van der Waals surface area contributed by atoms with Crippen LogP contribution in [0.1, 0.15) is 0 Å². The van der Waals surface area contributed by atoms with Gasteiger partial charge in [-0.2, -0.15) is 5.01 Å². The molecule has 0 bridgehead atoms. The van der Waals surface area contributed by atoms with E-state index in [1.165, 1.54) is 0 Å². The van der Waals surface area contributed by atoms with Crippen LogP contribution < -0.4 is 17.2 Å². The molecule has 0 spiro atoms. The summed E-state index contributed by atoms with van der Waals surface area (Å²) in [7, 11) is 0. The standard InChI is InChI=1S/C3H8N8O2/c4-1(5)9-2(6)8-3(7)10(9)11(12)13/h2H,6H2,(H3,4,5)(H2,7,8). The molecule has 1 atom stereocenters. The number of rotatable bonds is 1. The van der Waals surface area contributed by atoms with Gasteiger partial charge in [-0.15, -0.1) is 0 Å². The number of nitrogens with one attached hydrogen (secondary N) is 1. The van der Waals surface area contributed by atoms with Crippen LogP contribution in [0, 0.1) is 15.5 Å². The van der Waals surface area contributed by atoms with Gasteiger partial charge in [-0.05, 0) is 0 Å². The van der Waals surface area contributed by atoms with E-state index in [9.17, 15) is 10.1 Å². The van der Waals surface area contributed by atoms with E-state index in [1.54, 1.807) is 0 Å². The maximum absolute atomic E-state index is 10.4. The van der Waals surface area contributed by atoms with Crippen molar-refractivity contribution < 1.29 is 5.03 Å². The van der Waals surface area contributed by atoms with Crippen LogP contribution in [-0.4, -0.2) is 33.4 Å². The van der Waals surface area contributed by atoms with Crippen LogP contribution in [0.5, 0.6) is 0 Å². The van der Waals surface area contributed by atoms with Crippen molar-refractivity contribution in [3.63, 3.8) is 0 Å². The largest absolute Gasteiger partial charge is 0.368 e. The maximum atomic E-state index is 10.4. The van der Waals surface area contributed by atoms with Crippen molar-refractivity contribution in [1.82, 2.24) is 10.1 Å². The van der Waals surface area contributed by atoms with Crippen LogP contribution in [0.2, 0.25) is 0 Å². The second-order valence-corrected chi connectivity index (χ2v) is 2.16. The summed E-state index contributed by atoms with van der Waals surface area (Å²) in [4.78, 5) is 13.8. The normalized spacial score (nSPS) is 21.6. The van der Waals surface area contributed by atoms with Gasteiger partial charge >= 0.3 is 0 Å². The Morgan fingerprint density at radius 3 is 2.62 bits per heavy atom. The third kappa shape index (κ3) is 1.29. The van der Waals surface area contributed by atoms with Gasteiger partial charge < -0.3 is 11.5 Å². The summed E-state index contributed by atoms with van der Waals surface area (Å²) in [5.41, 5.74) is 15.5. The molecule has 0 radical (unpaired) electrons. The van der Waals surface area contributed by atoms with Crippen molar-refractivity contribution in [2.45, 2.75) is 6.29 Å². The van der Waals surface area contributed by atoms with Crippen molar-refractivity contribution in [3.05, 3.63) is 10.1 Å². The van der Waals surface area contributed by atoms with E-state index in [4.69, 9.17) is 22.6 Å². The zero-order valence-corrected chi connectivity index (χ0v) is 6.41. The molecular formula is C3H8N8O2. The second kappa shape index (κ2) is 2.75. The zero-order valence-electron chi connectivity index (χ0n) is 6.41. The lowest BCUT2D eigenvalue weighted by Crippen LogP contribution is -2.57. The lowest BCUT2D eigenvalue weighted by molar-refractivity contribution is -0.663. The molecule has 10 nitrogen and oxygen atoms in total. The number of hydrogen-bond acceptors (Lipinski definition) is 6. The van der Waals surface area contributed by atoms with Gasteiger partial charge in [-0.3, -0.25) is 11.1 Å². The molecule has 0 aromatic rings. The minimum absolute atomic E-state index is 0.312. The summed E-state index contributed by atoms with van der Waals surface area (Å²) in [6, 6.07) is 0. The van der Waals surface area contributed by atoms with Gasteiger partial charge in [0.2, 0.25) is 12.2 Å². The highest BCUT2D eigenvalue weighted by atomic mass is 16.7. The maximum Gasteiger partial charge on any atom is 0.284 e. The van der Waals surface area contributed by atoms with Gasteiger partial charge in [0.05, 0.1) is 0 Å². The zero-order chi connectivity index (χ0) is 10.2. The SMILES string of the molecule is N=C(N)N1C(N)N=C(N)N1[N+](=O)[O-]. The van der Waals surface area contributed by atoms with E-state index in [1.807, 2.05) is 0 Å². The van der Waals surface area contributed by atoms with Gasteiger partial charge in [0.15, 0.2) is 5.03 Å². The molecular weight excluding hydrogens is 180 g/mol. The van der Waals surface area contributed by atoms with Gasteiger partial charge in [0.25, 0.3) is 5.96 Å². The average Bonchev–Trinajstić information content (AvgIpc) is 2.24. The van der Waals surface area contributed by atoms with E-state index < -0.39 is 23.2 Å². The Hall–Kier alpha value is -2.10. The highest BCUT2D eigenvalue weighted by molar-refractivity contribution is 5.84. The molecule has 0 fully saturated rings. The predicted molar refractivity (Wildman–Crippen MR) is 42.2 cm³/mol. The third-order valence-electron chi connectivity index (χ3n) is 1.33. The van der Waals surface area contributed by atoms with Crippen molar-refractivity contribution in [1.29, 1.82) is 5.41 Å².